The first-order valence-corrected chi connectivity index (χ1v) is 12.5. The van der Waals surface area contributed by atoms with Crippen LogP contribution in [0.1, 0.15) is 43.7 Å². The summed E-state index contributed by atoms with van der Waals surface area (Å²) in [6, 6.07) is 13.9. The van der Waals surface area contributed by atoms with Crippen LogP contribution in [0.25, 0.3) is 5.57 Å². The lowest BCUT2D eigenvalue weighted by Crippen LogP contribution is -2.53. The van der Waals surface area contributed by atoms with E-state index in [1.54, 1.807) is 24.3 Å². The summed E-state index contributed by atoms with van der Waals surface area (Å²) in [5.74, 6) is -0.0923. The number of anilines is 1. The highest BCUT2D eigenvalue weighted by atomic mass is 16.5. The van der Waals surface area contributed by atoms with E-state index in [1.165, 1.54) is 0 Å². The van der Waals surface area contributed by atoms with Gasteiger partial charge in [0.15, 0.2) is 6.17 Å². The summed E-state index contributed by atoms with van der Waals surface area (Å²) < 4.78 is -0.546. The van der Waals surface area contributed by atoms with Crippen LogP contribution in [-0.2, 0) is 4.79 Å². The molecule has 9 heteroatoms. The maximum absolute atomic E-state index is 14.1. The maximum atomic E-state index is 14.1. The van der Waals surface area contributed by atoms with Crippen LogP contribution in [0.5, 0.6) is 0 Å². The third kappa shape index (κ3) is 4.59. The van der Waals surface area contributed by atoms with Gasteiger partial charge in [-0.05, 0) is 43.0 Å². The summed E-state index contributed by atoms with van der Waals surface area (Å²) in [5, 5.41) is 32.4. The first-order valence-electron chi connectivity index (χ1n) is 12.5. The number of benzene rings is 2. The summed E-state index contributed by atoms with van der Waals surface area (Å²) >= 11 is 0. The number of fused-ring (bicyclic) bond motifs is 1. The van der Waals surface area contributed by atoms with Crippen LogP contribution in [0.15, 0.2) is 59.3 Å². The Hall–Kier alpha value is -3.69. The first-order chi connectivity index (χ1) is 17.4. The zero-order valence-corrected chi connectivity index (χ0v) is 20.3. The minimum atomic E-state index is -0.687. The molecule has 1 saturated carbocycles. The van der Waals surface area contributed by atoms with Crippen molar-refractivity contribution >= 4 is 34.6 Å². The van der Waals surface area contributed by atoms with Gasteiger partial charge in [-0.25, -0.2) is 4.79 Å². The van der Waals surface area contributed by atoms with Crippen molar-refractivity contribution in [2.75, 3.05) is 25.0 Å². The lowest BCUT2D eigenvalue weighted by molar-refractivity contribution is -0.114. The SMILES string of the molecule is CCC[N@@+]1([O-])C[C@@H](NC(=O)Nc2cccc(C3=C(O)CNC3=O)c2)N=C(C2CCC2)c2ccccc21. The minimum Gasteiger partial charge on any atom is -0.627 e. The molecule has 9 nitrogen and oxygen atoms in total. The third-order valence-electron chi connectivity index (χ3n) is 7.10. The van der Waals surface area contributed by atoms with Crippen molar-refractivity contribution in [1.29, 1.82) is 0 Å². The molecular weight excluding hydrogens is 458 g/mol. The van der Waals surface area contributed by atoms with Crippen LogP contribution in [0, 0.1) is 11.1 Å². The topological polar surface area (TPSA) is 126 Å². The number of rotatable bonds is 6. The van der Waals surface area contributed by atoms with Crippen molar-refractivity contribution in [3.8, 4) is 0 Å². The number of hydrogen-bond donors (Lipinski definition) is 4. The fourth-order valence-electron chi connectivity index (χ4n) is 5.20. The molecule has 2 atom stereocenters. The van der Waals surface area contributed by atoms with E-state index < -0.39 is 16.8 Å². The van der Waals surface area contributed by atoms with Crippen LogP contribution < -0.4 is 20.6 Å². The predicted octanol–water partition coefficient (Wildman–Crippen LogP) is 4.05. The molecule has 0 radical (unpaired) electrons. The minimum absolute atomic E-state index is 0.0297. The van der Waals surface area contributed by atoms with Crippen LogP contribution in [-0.4, -0.2) is 48.6 Å². The molecule has 0 bridgehead atoms. The number of nitrogens with zero attached hydrogens (tertiary/aromatic N) is 2. The fraction of sp³-hybridized carbons (Fsp3) is 0.370. The number of para-hydroxylation sites is 1. The Kier molecular flexibility index (Phi) is 6.51. The van der Waals surface area contributed by atoms with E-state index >= 15 is 0 Å². The molecular formula is C27H31N5O4. The summed E-state index contributed by atoms with van der Waals surface area (Å²) in [7, 11) is 0. The number of hydrogen-bond acceptors (Lipinski definition) is 5. The number of aliphatic hydroxyl groups is 1. The van der Waals surface area contributed by atoms with E-state index in [-0.39, 0.29) is 30.3 Å². The maximum Gasteiger partial charge on any atom is 0.321 e. The molecule has 1 aliphatic carbocycles. The second-order valence-corrected chi connectivity index (χ2v) is 9.65. The number of nitrogens with one attached hydrogen (secondary N) is 3. The van der Waals surface area contributed by atoms with Crippen molar-refractivity contribution in [2.45, 2.75) is 38.8 Å². The largest absolute Gasteiger partial charge is 0.627 e. The molecule has 2 aromatic rings. The highest BCUT2D eigenvalue weighted by Gasteiger charge is 2.36. The van der Waals surface area contributed by atoms with Gasteiger partial charge in [-0.3, -0.25) is 9.79 Å². The van der Waals surface area contributed by atoms with Crippen LogP contribution in [0.3, 0.4) is 0 Å². The Morgan fingerprint density at radius 1 is 1.22 bits per heavy atom. The summed E-state index contributed by atoms with van der Waals surface area (Å²) in [5.41, 5.74) is 3.68. The molecule has 4 N–H and O–H groups in total. The zero-order chi connectivity index (χ0) is 25.3. The number of benzodiazepines with no additional fused rings is 1. The van der Waals surface area contributed by atoms with Crippen molar-refractivity contribution in [3.63, 3.8) is 0 Å². The van der Waals surface area contributed by atoms with Gasteiger partial charge in [-0.1, -0.05) is 37.6 Å². The molecule has 2 aromatic carbocycles. The van der Waals surface area contributed by atoms with E-state index in [0.29, 0.717) is 35.8 Å². The standard InChI is InChI=1S/C27H31N5O4/c1-2-13-32(36)16-23(30-25(17-7-5-8-17)20-11-3-4-12-21(20)32)31-27(35)29-19-10-6-9-18(14-19)24-22(33)15-28-26(24)34/h3-4,6,9-12,14,17,23,33H,2,5,7-8,13,15-16H2,1H3,(H,28,34)(H2,29,31,35)/t23-,32-/m1/s1. The van der Waals surface area contributed by atoms with Crippen LogP contribution >= 0.6 is 0 Å². The van der Waals surface area contributed by atoms with E-state index in [0.717, 1.165) is 30.5 Å². The smallest absolute Gasteiger partial charge is 0.321 e. The van der Waals surface area contributed by atoms with E-state index in [4.69, 9.17) is 4.99 Å². The van der Waals surface area contributed by atoms with Crippen molar-refractivity contribution in [1.82, 2.24) is 15.3 Å². The van der Waals surface area contributed by atoms with Gasteiger partial charge in [-0.2, -0.15) is 0 Å². The molecule has 3 aliphatic rings. The highest BCUT2D eigenvalue weighted by Crippen LogP contribution is 2.38. The molecule has 36 heavy (non-hydrogen) atoms. The average molecular weight is 490 g/mol. The highest BCUT2D eigenvalue weighted by molar-refractivity contribution is 6.22. The van der Waals surface area contributed by atoms with Gasteiger partial charge in [0.1, 0.15) is 18.0 Å². The van der Waals surface area contributed by atoms with Crippen LogP contribution in [0.4, 0.5) is 16.2 Å². The lowest BCUT2D eigenvalue weighted by Gasteiger charge is -2.43. The van der Waals surface area contributed by atoms with Crippen molar-refractivity contribution in [3.05, 3.63) is 70.6 Å². The van der Waals surface area contributed by atoms with Gasteiger partial charge in [0.25, 0.3) is 5.91 Å². The number of aliphatic imine (C=N–C) groups is 1. The van der Waals surface area contributed by atoms with E-state index in [1.807, 2.05) is 31.2 Å². The number of aliphatic hydroxyl groups excluding tert-OH is 1. The molecule has 3 amide bonds. The molecule has 2 aliphatic heterocycles. The lowest BCUT2D eigenvalue weighted by atomic mass is 9.79. The first kappa shape index (κ1) is 24.0. The molecule has 1 fully saturated rings. The normalized spacial score (nSPS) is 23.8. The molecule has 0 unspecified atom stereocenters. The molecule has 0 aromatic heterocycles. The van der Waals surface area contributed by atoms with Gasteiger partial charge < -0.3 is 30.9 Å². The number of carbonyl (C=O) groups excluding carboxylic acids is 2. The molecule has 0 spiro atoms. The summed E-state index contributed by atoms with van der Waals surface area (Å²) in [6.07, 6.45) is 3.21. The second-order valence-electron chi connectivity index (χ2n) is 9.65. The fourth-order valence-corrected chi connectivity index (χ4v) is 5.20. The zero-order valence-electron chi connectivity index (χ0n) is 20.3. The number of urea groups is 1. The Labute approximate surface area is 210 Å². The molecule has 0 saturated heterocycles. The van der Waals surface area contributed by atoms with Gasteiger partial charge in [0.05, 0.1) is 29.9 Å². The van der Waals surface area contributed by atoms with Crippen LogP contribution in [0.2, 0.25) is 0 Å². The number of quaternary nitrogens is 1. The Balaban J connectivity index is 1.39. The van der Waals surface area contributed by atoms with Gasteiger partial charge in [-0.15, -0.1) is 0 Å². The van der Waals surface area contributed by atoms with Gasteiger partial charge in [0, 0.05) is 17.7 Å². The summed E-state index contributed by atoms with van der Waals surface area (Å²) in [4.78, 5) is 30.0. The second kappa shape index (κ2) is 9.75. The number of carbonyl (C=O) groups is 2. The average Bonchev–Trinajstić information content (AvgIpc) is 3.09. The predicted molar refractivity (Wildman–Crippen MR) is 140 cm³/mol. The Morgan fingerprint density at radius 2 is 2.03 bits per heavy atom. The molecule has 5 rings (SSSR count). The van der Waals surface area contributed by atoms with E-state index in [2.05, 4.69) is 16.0 Å². The van der Waals surface area contributed by atoms with Gasteiger partial charge in [0.2, 0.25) is 0 Å². The Morgan fingerprint density at radius 3 is 2.72 bits per heavy atom. The summed E-state index contributed by atoms with van der Waals surface area (Å²) in [6.45, 7) is 2.58. The third-order valence-corrected chi connectivity index (χ3v) is 7.10. The monoisotopic (exact) mass is 489 g/mol. The van der Waals surface area contributed by atoms with Gasteiger partial charge >= 0.3 is 6.03 Å². The molecule has 188 valence electrons. The number of amides is 3. The van der Waals surface area contributed by atoms with Crippen molar-refractivity contribution in [2.24, 2.45) is 10.9 Å². The van der Waals surface area contributed by atoms with Crippen molar-refractivity contribution < 1.29 is 14.7 Å². The quantitative estimate of drug-likeness (QED) is 0.361. The molecule has 2 heterocycles. The Bertz CT molecular complexity index is 1250. The number of hydroxylamine groups is 2. The van der Waals surface area contributed by atoms with E-state index in [9.17, 15) is 19.9 Å².